The fourth-order valence-electron chi connectivity index (χ4n) is 3.39. The van der Waals surface area contributed by atoms with Crippen LogP contribution in [0.1, 0.15) is 68.6 Å². The Kier molecular flexibility index (Phi) is 4.07. The zero-order valence-electron chi connectivity index (χ0n) is 11.6. The second kappa shape index (κ2) is 5.96. The summed E-state index contributed by atoms with van der Waals surface area (Å²) in [4.78, 5) is 0. The van der Waals surface area contributed by atoms with E-state index < -0.39 is 0 Å². The smallest absolute Gasteiger partial charge is 0.120 e. The highest BCUT2D eigenvalue weighted by Crippen LogP contribution is 2.33. The van der Waals surface area contributed by atoms with E-state index in [1.807, 2.05) is 6.07 Å². The molecule has 1 saturated carbocycles. The SMILES string of the molecule is OC1CCCc2cc(OC3CCCCCC3)ccc21. The molecule has 0 bridgehead atoms. The van der Waals surface area contributed by atoms with Gasteiger partial charge in [0.25, 0.3) is 0 Å². The molecule has 1 aromatic rings. The van der Waals surface area contributed by atoms with Gasteiger partial charge in [-0.15, -0.1) is 0 Å². The van der Waals surface area contributed by atoms with Crippen LogP contribution in [0.15, 0.2) is 18.2 Å². The Balaban J connectivity index is 1.71. The summed E-state index contributed by atoms with van der Waals surface area (Å²) in [5.41, 5.74) is 2.39. The van der Waals surface area contributed by atoms with Crippen LogP contribution in [0.2, 0.25) is 0 Å². The van der Waals surface area contributed by atoms with Crippen molar-refractivity contribution in [3.05, 3.63) is 29.3 Å². The molecule has 1 unspecified atom stereocenters. The van der Waals surface area contributed by atoms with Crippen molar-refractivity contribution in [3.8, 4) is 5.75 Å². The van der Waals surface area contributed by atoms with Gasteiger partial charge in [0.15, 0.2) is 0 Å². The van der Waals surface area contributed by atoms with Gasteiger partial charge in [-0.25, -0.2) is 0 Å². The van der Waals surface area contributed by atoms with E-state index in [1.165, 1.54) is 44.1 Å². The van der Waals surface area contributed by atoms with Crippen LogP contribution in [0.3, 0.4) is 0 Å². The maximum atomic E-state index is 9.97. The Labute approximate surface area is 115 Å². The van der Waals surface area contributed by atoms with E-state index in [0.29, 0.717) is 6.10 Å². The second-order valence-electron chi connectivity index (χ2n) is 6.00. The Morgan fingerprint density at radius 3 is 2.53 bits per heavy atom. The van der Waals surface area contributed by atoms with Crippen molar-refractivity contribution in [1.29, 1.82) is 0 Å². The van der Waals surface area contributed by atoms with Crippen molar-refractivity contribution in [2.45, 2.75) is 70.0 Å². The van der Waals surface area contributed by atoms with E-state index in [9.17, 15) is 5.11 Å². The van der Waals surface area contributed by atoms with Gasteiger partial charge >= 0.3 is 0 Å². The third kappa shape index (κ3) is 3.11. The number of rotatable bonds is 2. The molecule has 0 aliphatic heterocycles. The van der Waals surface area contributed by atoms with Gasteiger partial charge in [0.1, 0.15) is 5.75 Å². The number of ether oxygens (including phenoxy) is 1. The Morgan fingerprint density at radius 2 is 1.74 bits per heavy atom. The fourth-order valence-corrected chi connectivity index (χ4v) is 3.39. The highest BCUT2D eigenvalue weighted by atomic mass is 16.5. The third-order valence-electron chi connectivity index (χ3n) is 4.50. The van der Waals surface area contributed by atoms with E-state index in [2.05, 4.69) is 12.1 Å². The van der Waals surface area contributed by atoms with E-state index in [-0.39, 0.29) is 6.10 Å². The minimum atomic E-state index is -0.268. The van der Waals surface area contributed by atoms with Crippen molar-refractivity contribution in [1.82, 2.24) is 0 Å². The van der Waals surface area contributed by atoms with Crippen LogP contribution < -0.4 is 4.74 Å². The molecular formula is C17H24O2. The molecule has 0 spiro atoms. The summed E-state index contributed by atoms with van der Waals surface area (Å²) in [6.45, 7) is 0. The van der Waals surface area contributed by atoms with E-state index in [1.54, 1.807) is 0 Å². The average Bonchev–Trinajstić information content (AvgIpc) is 2.68. The summed E-state index contributed by atoms with van der Waals surface area (Å²) >= 11 is 0. The maximum Gasteiger partial charge on any atom is 0.120 e. The molecule has 19 heavy (non-hydrogen) atoms. The number of hydrogen-bond acceptors (Lipinski definition) is 2. The molecule has 104 valence electrons. The molecule has 0 heterocycles. The molecule has 0 saturated heterocycles. The number of benzene rings is 1. The van der Waals surface area contributed by atoms with Gasteiger partial charge in [0, 0.05) is 0 Å². The van der Waals surface area contributed by atoms with Crippen LogP contribution in [-0.2, 0) is 6.42 Å². The van der Waals surface area contributed by atoms with Crippen molar-refractivity contribution >= 4 is 0 Å². The summed E-state index contributed by atoms with van der Waals surface area (Å²) in [7, 11) is 0. The van der Waals surface area contributed by atoms with Gasteiger partial charge in [-0.2, -0.15) is 0 Å². The molecule has 0 aromatic heterocycles. The zero-order chi connectivity index (χ0) is 13.1. The monoisotopic (exact) mass is 260 g/mol. The number of aliphatic hydroxyl groups excluding tert-OH is 1. The molecular weight excluding hydrogens is 236 g/mol. The number of fused-ring (bicyclic) bond motifs is 1. The molecule has 2 nitrogen and oxygen atoms in total. The highest BCUT2D eigenvalue weighted by molar-refractivity contribution is 5.38. The molecule has 1 fully saturated rings. The Morgan fingerprint density at radius 1 is 0.947 bits per heavy atom. The van der Waals surface area contributed by atoms with Gasteiger partial charge in [0.05, 0.1) is 12.2 Å². The summed E-state index contributed by atoms with van der Waals surface area (Å²) in [5, 5.41) is 9.97. The standard InChI is InChI=1S/C17H24O2/c18-17-9-5-6-13-12-15(10-11-16(13)17)19-14-7-3-1-2-4-8-14/h10-12,14,17-18H,1-9H2. The second-order valence-corrected chi connectivity index (χ2v) is 6.00. The van der Waals surface area contributed by atoms with Crippen LogP contribution in [0.25, 0.3) is 0 Å². The summed E-state index contributed by atoms with van der Waals surface area (Å²) in [6.07, 6.45) is 10.9. The number of hydrogen-bond donors (Lipinski definition) is 1. The number of aryl methyl sites for hydroxylation is 1. The predicted molar refractivity (Wildman–Crippen MR) is 76.5 cm³/mol. The number of aliphatic hydroxyl groups is 1. The van der Waals surface area contributed by atoms with Crippen LogP contribution in [0.5, 0.6) is 5.75 Å². The van der Waals surface area contributed by atoms with Crippen molar-refractivity contribution in [2.24, 2.45) is 0 Å². The molecule has 3 rings (SSSR count). The lowest BCUT2D eigenvalue weighted by atomic mass is 9.89. The first-order valence-corrected chi connectivity index (χ1v) is 7.80. The lowest BCUT2D eigenvalue weighted by Crippen LogP contribution is -2.16. The molecule has 1 atom stereocenters. The van der Waals surface area contributed by atoms with Gasteiger partial charge in [-0.05, 0) is 68.2 Å². The summed E-state index contributed by atoms with van der Waals surface area (Å²) in [6, 6.07) is 6.26. The molecule has 2 aliphatic rings. The fraction of sp³-hybridized carbons (Fsp3) is 0.647. The van der Waals surface area contributed by atoms with E-state index >= 15 is 0 Å². The van der Waals surface area contributed by atoms with Crippen LogP contribution in [0, 0.1) is 0 Å². The van der Waals surface area contributed by atoms with E-state index in [0.717, 1.165) is 30.6 Å². The minimum Gasteiger partial charge on any atom is -0.490 e. The van der Waals surface area contributed by atoms with Crippen molar-refractivity contribution < 1.29 is 9.84 Å². The predicted octanol–water partition coefficient (Wildman–Crippen LogP) is 4.16. The lowest BCUT2D eigenvalue weighted by Gasteiger charge is -2.23. The van der Waals surface area contributed by atoms with Gasteiger partial charge in [-0.1, -0.05) is 18.9 Å². The topological polar surface area (TPSA) is 29.5 Å². The maximum absolute atomic E-state index is 9.97. The van der Waals surface area contributed by atoms with E-state index in [4.69, 9.17) is 4.74 Å². The Bertz CT molecular complexity index is 419. The first-order valence-electron chi connectivity index (χ1n) is 7.80. The molecule has 2 heteroatoms. The molecule has 1 aromatic carbocycles. The first kappa shape index (κ1) is 13.0. The summed E-state index contributed by atoms with van der Waals surface area (Å²) in [5.74, 6) is 1.000. The third-order valence-corrected chi connectivity index (χ3v) is 4.50. The van der Waals surface area contributed by atoms with Gasteiger partial charge in [0.2, 0.25) is 0 Å². The van der Waals surface area contributed by atoms with Crippen LogP contribution >= 0.6 is 0 Å². The molecule has 0 amide bonds. The quantitative estimate of drug-likeness (QED) is 0.809. The largest absolute Gasteiger partial charge is 0.490 e. The Hall–Kier alpha value is -1.02. The van der Waals surface area contributed by atoms with Crippen LogP contribution in [-0.4, -0.2) is 11.2 Å². The van der Waals surface area contributed by atoms with Gasteiger partial charge < -0.3 is 9.84 Å². The van der Waals surface area contributed by atoms with Crippen molar-refractivity contribution in [2.75, 3.05) is 0 Å². The van der Waals surface area contributed by atoms with Crippen LogP contribution in [0.4, 0.5) is 0 Å². The molecule has 1 N–H and O–H groups in total. The van der Waals surface area contributed by atoms with Crippen molar-refractivity contribution in [3.63, 3.8) is 0 Å². The first-order chi connectivity index (χ1) is 9.33. The summed E-state index contributed by atoms with van der Waals surface area (Å²) < 4.78 is 6.15. The highest BCUT2D eigenvalue weighted by Gasteiger charge is 2.19. The average molecular weight is 260 g/mol. The molecule has 2 aliphatic carbocycles. The molecule has 0 radical (unpaired) electrons. The normalized spacial score (nSPS) is 24.6. The zero-order valence-corrected chi connectivity index (χ0v) is 11.6. The lowest BCUT2D eigenvalue weighted by molar-refractivity contribution is 0.155. The van der Waals surface area contributed by atoms with Gasteiger partial charge in [-0.3, -0.25) is 0 Å². The minimum absolute atomic E-state index is 0.268.